The monoisotopic (exact) mass is 379 g/mol. The molecule has 1 aromatic rings. The Balaban J connectivity index is 0.00000243. The Kier molecular flexibility index (Phi) is 7.47. The molecule has 2 heterocycles. The first-order valence-electron chi connectivity index (χ1n) is 9.42. The van der Waals surface area contributed by atoms with Gasteiger partial charge in [-0.2, -0.15) is 0 Å². The summed E-state index contributed by atoms with van der Waals surface area (Å²) in [6.07, 6.45) is 5.44. The number of fused-ring (bicyclic) bond motifs is 2. The lowest BCUT2D eigenvalue weighted by molar-refractivity contribution is -0.122. The van der Waals surface area contributed by atoms with Crippen molar-refractivity contribution in [1.82, 2.24) is 10.6 Å². The van der Waals surface area contributed by atoms with E-state index in [0.29, 0.717) is 31.0 Å². The highest BCUT2D eigenvalue weighted by atomic mass is 35.5. The highest BCUT2D eigenvalue weighted by molar-refractivity contribution is 5.92. The lowest BCUT2D eigenvalue weighted by Crippen LogP contribution is -2.39. The lowest BCUT2D eigenvalue weighted by Gasteiger charge is -2.28. The van der Waals surface area contributed by atoms with E-state index in [1.54, 1.807) is 0 Å². The van der Waals surface area contributed by atoms with E-state index in [4.69, 9.17) is 0 Å². The van der Waals surface area contributed by atoms with E-state index >= 15 is 0 Å². The molecule has 144 valence electrons. The third kappa shape index (κ3) is 5.71. The van der Waals surface area contributed by atoms with E-state index in [0.717, 1.165) is 24.1 Å². The lowest BCUT2D eigenvalue weighted by atomic mass is 9.89. The van der Waals surface area contributed by atoms with Crippen molar-refractivity contribution in [3.05, 3.63) is 29.8 Å². The smallest absolute Gasteiger partial charge is 0.226 e. The average Bonchev–Trinajstić information content (AvgIpc) is 2.92. The summed E-state index contributed by atoms with van der Waals surface area (Å²) >= 11 is 0. The fourth-order valence-corrected chi connectivity index (χ4v) is 3.87. The van der Waals surface area contributed by atoms with E-state index in [-0.39, 0.29) is 30.1 Å². The second-order valence-electron chi connectivity index (χ2n) is 7.80. The Morgan fingerprint density at radius 2 is 1.73 bits per heavy atom. The van der Waals surface area contributed by atoms with Crippen LogP contribution < -0.4 is 16.0 Å². The van der Waals surface area contributed by atoms with Crippen LogP contribution in [0.1, 0.15) is 51.5 Å². The van der Waals surface area contributed by atoms with Gasteiger partial charge < -0.3 is 16.0 Å². The van der Waals surface area contributed by atoms with Gasteiger partial charge in [0.25, 0.3) is 0 Å². The maximum Gasteiger partial charge on any atom is 0.226 e. The van der Waals surface area contributed by atoms with Crippen molar-refractivity contribution in [1.29, 1.82) is 0 Å². The van der Waals surface area contributed by atoms with Gasteiger partial charge in [-0.15, -0.1) is 12.4 Å². The predicted octanol–water partition coefficient (Wildman–Crippen LogP) is 3.24. The maximum atomic E-state index is 12.2. The Hall–Kier alpha value is -1.59. The number of rotatable bonds is 6. The molecular formula is C20H30ClN3O2. The van der Waals surface area contributed by atoms with Crippen LogP contribution in [-0.2, 0) is 16.1 Å². The minimum Gasteiger partial charge on any atom is -0.352 e. The summed E-state index contributed by atoms with van der Waals surface area (Å²) in [5.41, 5.74) is 1.83. The fraction of sp³-hybridized carbons (Fsp3) is 0.600. The minimum atomic E-state index is -0.0378. The Morgan fingerprint density at radius 1 is 1.12 bits per heavy atom. The van der Waals surface area contributed by atoms with Gasteiger partial charge in [0.05, 0.1) is 0 Å². The largest absolute Gasteiger partial charge is 0.352 e. The van der Waals surface area contributed by atoms with Gasteiger partial charge >= 0.3 is 0 Å². The second kappa shape index (κ2) is 9.38. The van der Waals surface area contributed by atoms with Gasteiger partial charge in [-0.1, -0.05) is 26.0 Å². The Labute approximate surface area is 162 Å². The standard InChI is InChI=1S/C20H29N3O2.ClH/c1-13(2)20(25)23-16-5-3-14(4-6-16)12-21-19(24)11-15-9-17-7-8-18(10-15)22-17;/h3-6,13,15,17-18,22H,7-12H2,1-2H3,(H,21,24)(H,23,25);1H. The number of benzene rings is 1. The first-order chi connectivity index (χ1) is 12.0. The van der Waals surface area contributed by atoms with Gasteiger partial charge in [0, 0.05) is 36.7 Å². The number of anilines is 1. The van der Waals surface area contributed by atoms with Gasteiger partial charge in [0.15, 0.2) is 0 Å². The molecule has 2 bridgehead atoms. The number of hydrogen-bond donors (Lipinski definition) is 3. The van der Waals surface area contributed by atoms with Crippen LogP contribution >= 0.6 is 12.4 Å². The number of halogens is 1. The van der Waals surface area contributed by atoms with E-state index in [1.807, 2.05) is 38.1 Å². The third-order valence-electron chi connectivity index (χ3n) is 5.28. The second-order valence-corrected chi connectivity index (χ2v) is 7.80. The van der Waals surface area contributed by atoms with Crippen molar-refractivity contribution in [2.24, 2.45) is 11.8 Å². The van der Waals surface area contributed by atoms with Crippen molar-refractivity contribution in [2.45, 2.75) is 64.6 Å². The summed E-state index contributed by atoms with van der Waals surface area (Å²) in [7, 11) is 0. The average molecular weight is 380 g/mol. The van der Waals surface area contributed by atoms with Gasteiger partial charge in [-0.05, 0) is 49.3 Å². The summed E-state index contributed by atoms with van der Waals surface area (Å²) in [5.74, 6) is 0.636. The molecule has 0 radical (unpaired) electrons. The molecule has 2 atom stereocenters. The molecule has 2 fully saturated rings. The van der Waals surface area contributed by atoms with Crippen molar-refractivity contribution < 1.29 is 9.59 Å². The zero-order valence-corrected chi connectivity index (χ0v) is 16.4. The maximum absolute atomic E-state index is 12.2. The van der Waals surface area contributed by atoms with Crippen molar-refractivity contribution in [2.75, 3.05) is 5.32 Å². The summed E-state index contributed by atoms with van der Waals surface area (Å²) in [5, 5.41) is 9.51. The third-order valence-corrected chi connectivity index (χ3v) is 5.28. The highest BCUT2D eigenvalue weighted by Gasteiger charge is 2.34. The summed E-state index contributed by atoms with van der Waals surface area (Å²) in [6.45, 7) is 4.27. The quantitative estimate of drug-likeness (QED) is 0.710. The summed E-state index contributed by atoms with van der Waals surface area (Å²) in [6, 6.07) is 8.91. The molecule has 2 unspecified atom stereocenters. The summed E-state index contributed by atoms with van der Waals surface area (Å²) in [4.78, 5) is 23.9. The molecule has 26 heavy (non-hydrogen) atoms. The molecule has 3 rings (SSSR count). The van der Waals surface area contributed by atoms with Crippen molar-refractivity contribution in [3.8, 4) is 0 Å². The normalized spacial score (nSPS) is 24.0. The molecule has 6 heteroatoms. The molecular weight excluding hydrogens is 350 g/mol. The van der Waals surface area contributed by atoms with Crippen LogP contribution in [0.25, 0.3) is 0 Å². The first kappa shape index (κ1) is 20.7. The molecule has 1 aromatic carbocycles. The molecule has 5 nitrogen and oxygen atoms in total. The minimum absolute atomic E-state index is 0. The van der Waals surface area contributed by atoms with Crippen LogP contribution in [0.5, 0.6) is 0 Å². The number of carbonyl (C=O) groups excluding carboxylic acids is 2. The van der Waals surface area contributed by atoms with E-state index in [9.17, 15) is 9.59 Å². The Bertz CT molecular complexity index is 606. The SMILES string of the molecule is CC(C)C(=O)Nc1ccc(CNC(=O)CC2CC3CCC(C2)N3)cc1.Cl. The zero-order valence-electron chi connectivity index (χ0n) is 15.6. The molecule has 2 aliphatic heterocycles. The van der Waals surface area contributed by atoms with Crippen LogP contribution in [0.3, 0.4) is 0 Å². The molecule has 0 spiro atoms. The van der Waals surface area contributed by atoms with Gasteiger partial charge in [0.1, 0.15) is 0 Å². The van der Waals surface area contributed by atoms with Crippen molar-refractivity contribution >= 4 is 29.9 Å². The number of carbonyl (C=O) groups is 2. The van der Waals surface area contributed by atoms with Crippen LogP contribution in [0, 0.1) is 11.8 Å². The summed E-state index contributed by atoms with van der Waals surface area (Å²) < 4.78 is 0. The van der Waals surface area contributed by atoms with Crippen LogP contribution in [0.15, 0.2) is 24.3 Å². The molecule has 0 aliphatic carbocycles. The van der Waals surface area contributed by atoms with E-state index in [1.165, 1.54) is 12.8 Å². The molecule has 3 N–H and O–H groups in total. The number of piperidine rings is 1. The van der Waals surface area contributed by atoms with E-state index in [2.05, 4.69) is 16.0 Å². The zero-order chi connectivity index (χ0) is 17.8. The number of hydrogen-bond acceptors (Lipinski definition) is 3. The molecule has 2 amide bonds. The topological polar surface area (TPSA) is 70.2 Å². The predicted molar refractivity (Wildman–Crippen MR) is 106 cm³/mol. The molecule has 0 saturated carbocycles. The molecule has 2 saturated heterocycles. The van der Waals surface area contributed by atoms with Crippen LogP contribution in [0.2, 0.25) is 0 Å². The van der Waals surface area contributed by atoms with Crippen LogP contribution in [-0.4, -0.2) is 23.9 Å². The molecule has 2 aliphatic rings. The van der Waals surface area contributed by atoms with Gasteiger partial charge in [0.2, 0.25) is 11.8 Å². The van der Waals surface area contributed by atoms with Gasteiger partial charge in [-0.3, -0.25) is 9.59 Å². The number of amides is 2. The van der Waals surface area contributed by atoms with Crippen LogP contribution in [0.4, 0.5) is 5.69 Å². The van der Waals surface area contributed by atoms with Gasteiger partial charge in [-0.25, -0.2) is 0 Å². The van der Waals surface area contributed by atoms with E-state index < -0.39 is 0 Å². The number of nitrogens with one attached hydrogen (secondary N) is 3. The van der Waals surface area contributed by atoms with Crippen molar-refractivity contribution in [3.63, 3.8) is 0 Å². The fourth-order valence-electron chi connectivity index (χ4n) is 3.87. The molecule has 0 aromatic heterocycles. The highest BCUT2D eigenvalue weighted by Crippen LogP contribution is 2.32. The Morgan fingerprint density at radius 3 is 2.31 bits per heavy atom. The first-order valence-corrected chi connectivity index (χ1v) is 9.42.